The number of aliphatic hydroxyl groups excluding tert-OH is 1. The molecular weight excluding hydrogens is 312 g/mol. The van der Waals surface area contributed by atoms with E-state index in [0.717, 1.165) is 10.7 Å². The first kappa shape index (κ1) is 14.3. The second-order valence-electron chi connectivity index (χ2n) is 5.81. The van der Waals surface area contributed by atoms with E-state index in [2.05, 4.69) is 15.3 Å². The molecule has 0 bridgehead atoms. The summed E-state index contributed by atoms with van der Waals surface area (Å²) in [6.07, 6.45) is 6.41. The van der Waals surface area contributed by atoms with Crippen LogP contribution in [0.2, 0.25) is 0 Å². The molecule has 6 nitrogen and oxygen atoms in total. The van der Waals surface area contributed by atoms with E-state index in [4.69, 9.17) is 0 Å². The molecule has 0 unspecified atom stereocenters. The van der Waals surface area contributed by atoms with Crippen LogP contribution in [0.5, 0.6) is 0 Å². The Hall–Kier alpha value is -2.25. The number of carbonyl (C=O) groups is 1. The van der Waals surface area contributed by atoms with E-state index in [1.807, 2.05) is 34.2 Å². The second-order valence-corrected chi connectivity index (χ2v) is 6.68. The van der Waals surface area contributed by atoms with Gasteiger partial charge in [-0.1, -0.05) is 6.07 Å². The molecule has 1 saturated carbocycles. The third-order valence-corrected chi connectivity index (χ3v) is 5.01. The normalized spacial score (nSPS) is 21.8. The topological polar surface area (TPSA) is 79.5 Å². The van der Waals surface area contributed by atoms with Crippen molar-refractivity contribution in [2.24, 2.45) is 5.92 Å². The van der Waals surface area contributed by atoms with E-state index in [1.165, 1.54) is 11.3 Å². The molecule has 0 saturated heterocycles. The van der Waals surface area contributed by atoms with Gasteiger partial charge >= 0.3 is 0 Å². The van der Waals surface area contributed by atoms with Gasteiger partial charge in [0.05, 0.1) is 17.8 Å². The van der Waals surface area contributed by atoms with Crippen LogP contribution in [0, 0.1) is 5.92 Å². The van der Waals surface area contributed by atoms with Gasteiger partial charge in [-0.05, 0) is 30.9 Å². The maximum Gasteiger partial charge on any atom is 0.272 e. The highest BCUT2D eigenvalue weighted by Gasteiger charge is 2.36. The molecule has 3 aromatic heterocycles. The summed E-state index contributed by atoms with van der Waals surface area (Å²) in [7, 11) is 0. The minimum Gasteiger partial charge on any atom is -0.393 e. The molecule has 4 rings (SSSR count). The number of aromatic nitrogens is 3. The van der Waals surface area contributed by atoms with Crippen LogP contribution in [0.4, 0.5) is 0 Å². The molecule has 1 atom stereocenters. The van der Waals surface area contributed by atoms with Crippen molar-refractivity contribution in [1.82, 2.24) is 19.7 Å². The summed E-state index contributed by atoms with van der Waals surface area (Å²) in [6, 6.07) is 5.46. The van der Waals surface area contributed by atoms with Gasteiger partial charge in [-0.25, -0.2) is 4.98 Å². The van der Waals surface area contributed by atoms with Gasteiger partial charge in [0.25, 0.3) is 5.91 Å². The van der Waals surface area contributed by atoms with Crippen molar-refractivity contribution >= 4 is 22.2 Å². The number of hydrogen-bond acceptors (Lipinski definition) is 5. The standard InChI is InChI=1S/C16H16N4O2S/c21-11-7-10(8-11)14(12-3-1-2-4-17-12)19-15(22)13-9-20-5-6-23-16(20)18-13/h1-6,9-11,14,21H,7-8H2,(H,19,22)/t10?,11?,14-/m0/s1. The molecule has 1 aliphatic rings. The van der Waals surface area contributed by atoms with E-state index in [1.54, 1.807) is 12.4 Å². The van der Waals surface area contributed by atoms with Crippen LogP contribution >= 0.6 is 11.3 Å². The van der Waals surface area contributed by atoms with Crippen molar-refractivity contribution < 1.29 is 9.90 Å². The zero-order valence-corrected chi connectivity index (χ0v) is 13.1. The monoisotopic (exact) mass is 328 g/mol. The summed E-state index contributed by atoms with van der Waals surface area (Å²) in [5.41, 5.74) is 1.22. The van der Waals surface area contributed by atoms with Crippen LogP contribution in [0.25, 0.3) is 4.96 Å². The molecule has 1 amide bonds. The molecule has 3 aromatic rings. The van der Waals surface area contributed by atoms with E-state index in [0.29, 0.717) is 18.5 Å². The number of imidazole rings is 1. The Labute approximate surface area is 136 Å². The van der Waals surface area contributed by atoms with Crippen molar-refractivity contribution in [2.45, 2.75) is 25.0 Å². The van der Waals surface area contributed by atoms with Gasteiger partial charge < -0.3 is 10.4 Å². The number of amides is 1. The fraction of sp³-hybridized carbons (Fsp3) is 0.312. The van der Waals surface area contributed by atoms with Gasteiger partial charge in [0, 0.05) is 24.0 Å². The average Bonchev–Trinajstić information content (AvgIpc) is 3.12. The SMILES string of the molecule is O=C(N[C@H](c1ccccn1)C1CC(O)C1)c1cn2ccsc2n1. The molecule has 23 heavy (non-hydrogen) atoms. The molecule has 0 aliphatic heterocycles. The lowest BCUT2D eigenvalue weighted by atomic mass is 9.76. The maximum absolute atomic E-state index is 12.5. The quantitative estimate of drug-likeness (QED) is 0.768. The highest BCUT2D eigenvalue weighted by Crippen LogP contribution is 2.37. The Morgan fingerprint density at radius 3 is 3.00 bits per heavy atom. The number of pyridine rings is 1. The lowest BCUT2D eigenvalue weighted by Gasteiger charge is -2.37. The molecular formula is C16H16N4O2S. The Kier molecular flexibility index (Phi) is 3.59. The van der Waals surface area contributed by atoms with E-state index >= 15 is 0 Å². The maximum atomic E-state index is 12.5. The fourth-order valence-corrected chi connectivity index (χ4v) is 3.65. The number of thiazole rings is 1. The van der Waals surface area contributed by atoms with Crippen LogP contribution in [-0.4, -0.2) is 31.5 Å². The highest BCUT2D eigenvalue weighted by molar-refractivity contribution is 7.15. The average molecular weight is 328 g/mol. The third-order valence-electron chi connectivity index (χ3n) is 4.24. The van der Waals surface area contributed by atoms with Gasteiger partial charge in [0.2, 0.25) is 0 Å². The van der Waals surface area contributed by atoms with Crippen LogP contribution < -0.4 is 5.32 Å². The van der Waals surface area contributed by atoms with Crippen molar-refractivity contribution in [1.29, 1.82) is 0 Å². The van der Waals surface area contributed by atoms with Gasteiger partial charge in [-0.15, -0.1) is 11.3 Å². The molecule has 118 valence electrons. The predicted molar refractivity (Wildman–Crippen MR) is 86.2 cm³/mol. The van der Waals surface area contributed by atoms with Gasteiger partial charge in [0.1, 0.15) is 5.69 Å². The minimum absolute atomic E-state index is 0.201. The van der Waals surface area contributed by atoms with Gasteiger partial charge in [0.15, 0.2) is 4.96 Å². The fourth-order valence-electron chi connectivity index (χ4n) is 2.95. The number of carbonyl (C=O) groups excluding carboxylic acids is 1. The Balaban J connectivity index is 1.57. The zero-order chi connectivity index (χ0) is 15.8. The van der Waals surface area contributed by atoms with Gasteiger partial charge in [-0.2, -0.15) is 0 Å². The molecule has 1 fully saturated rings. The predicted octanol–water partition coefficient (Wildman–Crippen LogP) is 2.03. The Morgan fingerprint density at radius 2 is 2.30 bits per heavy atom. The van der Waals surface area contributed by atoms with Gasteiger partial charge in [-0.3, -0.25) is 14.2 Å². The summed E-state index contributed by atoms with van der Waals surface area (Å²) in [5.74, 6) is -0.00877. The Morgan fingerprint density at radius 1 is 1.43 bits per heavy atom. The molecule has 7 heteroatoms. The molecule has 3 heterocycles. The van der Waals surface area contributed by atoms with Crippen LogP contribution in [0.1, 0.15) is 35.1 Å². The number of nitrogens with one attached hydrogen (secondary N) is 1. The van der Waals surface area contributed by atoms with E-state index in [9.17, 15) is 9.90 Å². The number of hydrogen-bond donors (Lipinski definition) is 2. The molecule has 0 aromatic carbocycles. The minimum atomic E-state index is -0.277. The van der Waals surface area contributed by atoms with Crippen LogP contribution in [0.15, 0.2) is 42.2 Å². The molecule has 0 radical (unpaired) electrons. The van der Waals surface area contributed by atoms with E-state index in [-0.39, 0.29) is 24.0 Å². The number of rotatable bonds is 4. The third kappa shape index (κ3) is 2.73. The molecule has 0 spiro atoms. The Bertz CT molecular complexity index is 794. The molecule has 1 aliphatic carbocycles. The first-order valence-electron chi connectivity index (χ1n) is 7.53. The largest absolute Gasteiger partial charge is 0.393 e. The van der Waals surface area contributed by atoms with Crippen molar-refractivity contribution in [3.8, 4) is 0 Å². The summed E-state index contributed by atoms with van der Waals surface area (Å²) >= 11 is 1.49. The van der Waals surface area contributed by atoms with Crippen LogP contribution in [0.3, 0.4) is 0 Å². The first-order valence-corrected chi connectivity index (χ1v) is 8.41. The summed E-state index contributed by atoms with van der Waals surface area (Å²) in [6.45, 7) is 0. The smallest absolute Gasteiger partial charge is 0.272 e. The summed E-state index contributed by atoms with van der Waals surface area (Å²) in [4.78, 5) is 22.0. The molecule has 2 N–H and O–H groups in total. The second kappa shape index (κ2) is 5.75. The van der Waals surface area contributed by atoms with Crippen LogP contribution in [-0.2, 0) is 0 Å². The lowest BCUT2D eigenvalue weighted by Crippen LogP contribution is -2.41. The van der Waals surface area contributed by atoms with Crippen molar-refractivity contribution in [3.05, 3.63) is 53.6 Å². The highest BCUT2D eigenvalue weighted by atomic mass is 32.1. The summed E-state index contributed by atoms with van der Waals surface area (Å²) in [5, 5.41) is 14.6. The van der Waals surface area contributed by atoms with Crippen molar-refractivity contribution in [3.63, 3.8) is 0 Å². The number of nitrogens with zero attached hydrogens (tertiary/aromatic N) is 3. The lowest BCUT2D eigenvalue weighted by molar-refractivity contribution is 0.0228. The summed E-state index contributed by atoms with van der Waals surface area (Å²) < 4.78 is 1.84. The zero-order valence-electron chi connectivity index (χ0n) is 12.3. The number of fused-ring (bicyclic) bond motifs is 1. The first-order chi connectivity index (χ1) is 11.2. The number of aliphatic hydroxyl groups is 1. The van der Waals surface area contributed by atoms with Crippen molar-refractivity contribution in [2.75, 3.05) is 0 Å². The van der Waals surface area contributed by atoms with E-state index < -0.39 is 0 Å².